The molecule has 1 heterocycles. The summed E-state index contributed by atoms with van der Waals surface area (Å²) in [6.45, 7) is 4.26. The molecule has 1 unspecified atom stereocenters. The predicted octanol–water partition coefficient (Wildman–Crippen LogP) is 6.43. The van der Waals surface area contributed by atoms with Crippen LogP contribution in [0.5, 0.6) is 5.75 Å². The summed E-state index contributed by atoms with van der Waals surface area (Å²) in [7, 11) is 1.68. The van der Waals surface area contributed by atoms with Gasteiger partial charge in [-0.2, -0.15) is 9.28 Å². The van der Waals surface area contributed by atoms with Crippen LogP contribution in [-0.2, 0) is 29.1 Å². The van der Waals surface area contributed by atoms with E-state index in [2.05, 4.69) is 6.58 Å². The summed E-state index contributed by atoms with van der Waals surface area (Å²) >= 11 is 12.0. The number of nitrogens with zero attached hydrogens (tertiary/aromatic N) is 1. The molecule has 0 saturated heterocycles. The minimum Gasteiger partial charge on any atom is -0.481 e. The molecule has 3 aromatic rings. The molecule has 1 amide bonds. The molecule has 0 saturated carbocycles. The van der Waals surface area contributed by atoms with Gasteiger partial charge in [0, 0.05) is 6.58 Å². The van der Waals surface area contributed by atoms with Gasteiger partial charge in [-0.15, -0.1) is 0 Å². The van der Waals surface area contributed by atoms with Gasteiger partial charge >= 0.3 is 12.1 Å². The van der Waals surface area contributed by atoms with Crippen molar-refractivity contribution < 1.29 is 28.7 Å². The van der Waals surface area contributed by atoms with Crippen molar-refractivity contribution in [2.75, 3.05) is 7.05 Å². The zero-order valence-electron chi connectivity index (χ0n) is 18.4. The molecule has 0 fully saturated rings. The summed E-state index contributed by atoms with van der Waals surface area (Å²) in [5.74, 6) is -0.0203. The maximum atomic E-state index is 13.1. The lowest BCUT2D eigenvalue weighted by Crippen LogP contribution is -2.51. The average molecular weight is 499 g/mol. The molecule has 1 aliphatic rings. The average Bonchev–Trinajstić information content (AvgIpc) is 2.80. The van der Waals surface area contributed by atoms with Crippen LogP contribution in [0, 0.1) is 0 Å². The molecule has 0 bridgehead atoms. The highest BCUT2D eigenvalue weighted by atomic mass is 35.5. The second kappa shape index (κ2) is 9.50. The fourth-order valence-electron chi connectivity index (χ4n) is 3.76. The molecule has 0 aromatic heterocycles. The highest BCUT2D eigenvalue weighted by Crippen LogP contribution is 2.37. The third-order valence-electron chi connectivity index (χ3n) is 5.69. The van der Waals surface area contributed by atoms with E-state index in [-0.39, 0.29) is 29.9 Å². The largest absolute Gasteiger partial charge is 0.524 e. The number of benzene rings is 3. The first-order valence-electron chi connectivity index (χ1n) is 10.4. The minimum absolute atomic E-state index is 0.0279. The Morgan fingerprint density at radius 3 is 2.53 bits per heavy atom. The third kappa shape index (κ3) is 4.94. The Kier molecular flexibility index (Phi) is 6.66. The van der Waals surface area contributed by atoms with Gasteiger partial charge < -0.3 is 14.6 Å². The number of aliphatic carboxylic acids is 1. The Morgan fingerprint density at radius 2 is 1.79 bits per heavy atom. The summed E-state index contributed by atoms with van der Waals surface area (Å²) < 4.78 is 11.2. The smallest absolute Gasteiger partial charge is 0.481 e. The molecule has 6 nitrogen and oxygen atoms in total. The van der Waals surface area contributed by atoms with E-state index in [0.717, 1.165) is 16.7 Å². The van der Waals surface area contributed by atoms with Gasteiger partial charge in [0.05, 0.1) is 29.1 Å². The number of halogens is 2. The van der Waals surface area contributed by atoms with Crippen molar-refractivity contribution in [2.24, 2.45) is 0 Å². The highest BCUT2D eigenvalue weighted by molar-refractivity contribution is 6.42. The second-order valence-corrected chi connectivity index (χ2v) is 9.06. The number of rotatable bonds is 5. The number of hydrogen-bond acceptors (Lipinski definition) is 4. The van der Waals surface area contributed by atoms with Gasteiger partial charge in [0.1, 0.15) is 18.9 Å². The predicted molar refractivity (Wildman–Crippen MR) is 130 cm³/mol. The van der Waals surface area contributed by atoms with Crippen LogP contribution in [0.25, 0.3) is 11.1 Å². The molecule has 0 aliphatic carbocycles. The molecule has 1 aliphatic heterocycles. The number of carboxylic acids is 1. The summed E-state index contributed by atoms with van der Waals surface area (Å²) in [5.41, 5.74) is 3.99. The van der Waals surface area contributed by atoms with Gasteiger partial charge in [0.25, 0.3) is 5.88 Å². The maximum absolute atomic E-state index is 13.1. The lowest BCUT2D eigenvalue weighted by Gasteiger charge is -2.34. The Morgan fingerprint density at radius 1 is 1.03 bits per heavy atom. The number of carbonyl (C=O) groups is 2. The van der Waals surface area contributed by atoms with E-state index >= 15 is 0 Å². The summed E-state index contributed by atoms with van der Waals surface area (Å²) in [6.07, 6.45) is -0.572. The van der Waals surface area contributed by atoms with Crippen molar-refractivity contribution >= 4 is 35.3 Å². The Labute approximate surface area is 207 Å². The monoisotopic (exact) mass is 498 g/mol. The number of hydrogen-bond donors (Lipinski definition) is 1. The molecular weight excluding hydrogens is 477 g/mol. The molecule has 1 N–H and O–H groups in total. The molecule has 0 radical (unpaired) electrons. The van der Waals surface area contributed by atoms with Crippen LogP contribution in [-0.4, -0.2) is 28.7 Å². The van der Waals surface area contributed by atoms with Gasteiger partial charge in [0.15, 0.2) is 0 Å². The molecular formula is C26H22Cl2NO5+. The van der Waals surface area contributed by atoms with Gasteiger partial charge in [-0.25, -0.2) is 0 Å². The van der Waals surface area contributed by atoms with E-state index in [0.29, 0.717) is 26.9 Å². The number of amides is 1. The third-order valence-corrected chi connectivity index (χ3v) is 6.43. The number of carbonyl (C=O) groups excluding carboxylic acids is 1. The van der Waals surface area contributed by atoms with Crippen molar-refractivity contribution in [3.8, 4) is 16.9 Å². The number of quaternary nitrogens is 1. The van der Waals surface area contributed by atoms with E-state index in [9.17, 15) is 9.59 Å². The molecule has 4 rings (SSSR count). The van der Waals surface area contributed by atoms with Crippen LogP contribution in [0.2, 0.25) is 10.0 Å². The highest BCUT2D eigenvalue weighted by Gasteiger charge is 2.44. The van der Waals surface area contributed by atoms with E-state index < -0.39 is 12.1 Å². The van der Waals surface area contributed by atoms with Crippen molar-refractivity contribution in [1.82, 2.24) is 0 Å². The van der Waals surface area contributed by atoms with Crippen LogP contribution in [0.1, 0.15) is 16.7 Å². The topological polar surface area (TPSA) is 72.8 Å². The van der Waals surface area contributed by atoms with Crippen LogP contribution in [0.3, 0.4) is 0 Å². The SMILES string of the molecule is C=C1Oc2ccc(-c3cccc(CC(=O)O)c3)cc2C[N+]1(C)C(=O)OCc1ccc(Cl)c(Cl)c1. The van der Waals surface area contributed by atoms with Gasteiger partial charge in [-0.1, -0.05) is 59.6 Å². The number of carboxylic acid groups (broad SMARTS) is 1. The fraction of sp³-hybridized carbons (Fsp3) is 0.154. The standard InChI is InChI=1S/C26H21Cl2NO5/c1-16-29(2,26(32)33-15-18-6-8-22(27)23(28)11-18)14-21-13-20(7-9-24(21)34-16)19-5-3-4-17(10-19)12-25(30)31/h3-11,13H,1,12,14-15H2,2H3/p+1. The Hall–Kier alpha value is -3.32. The van der Waals surface area contributed by atoms with E-state index in [1.165, 1.54) is 0 Å². The van der Waals surface area contributed by atoms with Crippen LogP contribution < -0.4 is 4.74 Å². The van der Waals surface area contributed by atoms with Gasteiger partial charge in [-0.05, 0) is 46.5 Å². The lowest BCUT2D eigenvalue weighted by atomic mass is 9.99. The fourth-order valence-corrected chi connectivity index (χ4v) is 4.08. The molecule has 3 aromatic carbocycles. The first-order chi connectivity index (χ1) is 16.2. The quantitative estimate of drug-likeness (QED) is 0.410. The van der Waals surface area contributed by atoms with Crippen molar-refractivity contribution in [1.29, 1.82) is 0 Å². The van der Waals surface area contributed by atoms with Gasteiger partial charge in [0.2, 0.25) is 0 Å². The van der Waals surface area contributed by atoms with Crippen LogP contribution >= 0.6 is 23.2 Å². The minimum atomic E-state index is -0.887. The molecule has 174 valence electrons. The zero-order chi connectivity index (χ0) is 24.5. The first-order valence-corrected chi connectivity index (χ1v) is 11.2. The van der Waals surface area contributed by atoms with E-state index in [4.69, 9.17) is 37.8 Å². The Bertz CT molecular complexity index is 1310. The molecule has 0 spiro atoms. The molecule has 1 atom stereocenters. The number of fused-ring (bicyclic) bond motifs is 1. The van der Waals surface area contributed by atoms with Crippen LogP contribution in [0.15, 0.2) is 73.1 Å². The molecule has 34 heavy (non-hydrogen) atoms. The summed E-state index contributed by atoms with van der Waals surface area (Å²) in [4.78, 5) is 24.1. The normalized spacial score (nSPS) is 17.0. The summed E-state index contributed by atoms with van der Waals surface area (Å²) in [5, 5.41) is 9.89. The van der Waals surface area contributed by atoms with E-state index in [1.807, 2.05) is 36.4 Å². The Balaban J connectivity index is 1.55. The van der Waals surface area contributed by atoms with Crippen molar-refractivity contribution in [2.45, 2.75) is 19.6 Å². The lowest BCUT2D eigenvalue weighted by molar-refractivity contribution is -0.829. The first kappa shape index (κ1) is 23.8. The zero-order valence-corrected chi connectivity index (χ0v) is 19.9. The molecule has 8 heteroatoms. The van der Waals surface area contributed by atoms with Crippen molar-refractivity contribution in [3.05, 3.63) is 99.9 Å². The van der Waals surface area contributed by atoms with Crippen LogP contribution in [0.4, 0.5) is 4.79 Å². The number of ether oxygens (including phenoxy) is 2. The van der Waals surface area contributed by atoms with E-state index in [1.54, 1.807) is 31.3 Å². The second-order valence-electron chi connectivity index (χ2n) is 8.24. The van der Waals surface area contributed by atoms with Crippen molar-refractivity contribution in [3.63, 3.8) is 0 Å². The summed E-state index contributed by atoms with van der Waals surface area (Å²) in [6, 6.07) is 18.1. The van der Waals surface area contributed by atoms with Gasteiger partial charge in [-0.3, -0.25) is 4.79 Å². The maximum Gasteiger partial charge on any atom is 0.524 e.